The Morgan fingerprint density at radius 1 is 1.40 bits per heavy atom. The molecular weight excluding hydrogens is 244 g/mol. The Morgan fingerprint density at radius 3 is 2.85 bits per heavy atom. The molecule has 20 heavy (non-hydrogen) atoms. The predicted molar refractivity (Wildman–Crippen MR) is 87.7 cm³/mol. The van der Waals surface area contributed by atoms with E-state index in [1.807, 2.05) is 0 Å². The molecule has 0 bridgehead atoms. The molecule has 0 spiro atoms. The zero-order valence-corrected chi connectivity index (χ0v) is 13.4. The zero-order valence-electron chi connectivity index (χ0n) is 13.4. The highest BCUT2D eigenvalue weighted by molar-refractivity contribution is 5.83. The van der Waals surface area contributed by atoms with E-state index in [1.54, 1.807) is 0 Å². The highest BCUT2D eigenvalue weighted by Crippen LogP contribution is 2.29. The maximum Gasteiger partial charge on any atom is 0.106 e. The van der Waals surface area contributed by atoms with Gasteiger partial charge in [0, 0.05) is 12.2 Å². The topological polar surface area (TPSA) is 15.6 Å². The van der Waals surface area contributed by atoms with E-state index in [0.29, 0.717) is 5.92 Å². The molecular formula is C18H28N2. The van der Waals surface area contributed by atoms with Gasteiger partial charge < -0.3 is 4.90 Å². The Morgan fingerprint density at radius 2 is 2.15 bits per heavy atom. The number of aliphatic imine (C=N–C) groups is 1. The Labute approximate surface area is 124 Å². The van der Waals surface area contributed by atoms with E-state index >= 15 is 0 Å². The molecule has 2 heteroatoms. The molecule has 0 radical (unpaired) electrons. The molecule has 0 N–H and O–H groups in total. The third-order valence-corrected chi connectivity index (χ3v) is 4.34. The minimum Gasteiger partial charge on any atom is -0.334 e. The number of hydrogen-bond donors (Lipinski definition) is 0. The van der Waals surface area contributed by atoms with Crippen molar-refractivity contribution in [1.82, 2.24) is 4.90 Å². The highest BCUT2D eigenvalue weighted by Gasteiger charge is 2.22. The van der Waals surface area contributed by atoms with E-state index < -0.39 is 0 Å². The monoisotopic (exact) mass is 272 g/mol. The Balaban J connectivity index is 2.24. The molecule has 0 aromatic carbocycles. The third kappa shape index (κ3) is 3.23. The summed E-state index contributed by atoms with van der Waals surface area (Å²) in [6.07, 6.45) is 12.9. The van der Waals surface area contributed by atoms with E-state index in [0.717, 1.165) is 25.2 Å². The molecule has 0 saturated heterocycles. The summed E-state index contributed by atoms with van der Waals surface area (Å²) < 4.78 is 0. The normalized spacial score (nSPS) is 21.5. The van der Waals surface area contributed by atoms with Crippen molar-refractivity contribution < 1.29 is 0 Å². The predicted octanol–water partition coefficient (Wildman–Crippen LogP) is 5.05. The number of nitrogens with zero attached hydrogens (tertiary/aromatic N) is 2. The van der Waals surface area contributed by atoms with Gasteiger partial charge in [-0.3, -0.25) is 0 Å². The molecule has 0 aromatic heterocycles. The largest absolute Gasteiger partial charge is 0.334 e. The minimum atomic E-state index is 0.609. The van der Waals surface area contributed by atoms with Gasteiger partial charge in [0.05, 0.1) is 5.70 Å². The van der Waals surface area contributed by atoms with Gasteiger partial charge in [0.25, 0.3) is 0 Å². The number of fused-ring (bicyclic) bond motifs is 1. The lowest BCUT2D eigenvalue weighted by Crippen LogP contribution is -2.31. The van der Waals surface area contributed by atoms with Crippen LogP contribution in [0.15, 0.2) is 40.2 Å². The second-order valence-corrected chi connectivity index (χ2v) is 5.86. The Kier molecular flexibility index (Phi) is 5.22. The van der Waals surface area contributed by atoms with Gasteiger partial charge in [0.2, 0.25) is 0 Å². The van der Waals surface area contributed by atoms with Crippen LogP contribution in [0.3, 0.4) is 0 Å². The Hall–Kier alpha value is -1.31. The highest BCUT2D eigenvalue weighted by atomic mass is 15.2. The van der Waals surface area contributed by atoms with Gasteiger partial charge in [-0.25, -0.2) is 4.99 Å². The fourth-order valence-corrected chi connectivity index (χ4v) is 3.29. The first-order valence-electron chi connectivity index (χ1n) is 8.06. The molecule has 0 aromatic rings. The average Bonchev–Trinajstić information content (AvgIpc) is 2.60. The van der Waals surface area contributed by atoms with Crippen LogP contribution in [-0.4, -0.2) is 17.3 Å². The second-order valence-electron chi connectivity index (χ2n) is 5.86. The van der Waals surface area contributed by atoms with Gasteiger partial charge in [0.15, 0.2) is 0 Å². The molecule has 2 nitrogen and oxygen atoms in total. The first kappa shape index (κ1) is 15.1. The lowest BCUT2D eigenvalue weighted by Gasteiger charge is -2.29. The van der Waals surface area contributed by atoms with Crippen LogP contribution in [-0.2, 0) is 0 Å². The molecule has 110 valence electrons. The van der Waals surface area contributed by atoms with Crippen molar-refractivity contribution in [3.05, 3.63) is 35.2 Å². The van der Waals surface area contributed by atoms with Gasteiger partial charge in [-0.1, -0.05) is 38.5 Å². The molecule has 1 aliphatic carbocycles. The minimum absolute atomic E-state index is 0.609. The van der Waals surface area contributed by atoms with Crippen LogP contribution in [0.4, 0.5) is 0 Å². The first-order chi connectivity index (χ1) is 9.67. The van der Waals surface area contributed by atoms with Crippen LogP contribution >= 0.6 is 0 Å². The summed E-state index contributed by atoms with van der Waals surface area (Å²) in [6, 6.07) is 0. The van der Waals surface area contributed by atoms with Crippen LogP contribution in [0, 0.1) is 5.92 Å². The number of allylic oxidation sites excluding steroid dienone is 5. The van der Waals surface area contributed by atoms with Gasteiger partial charge >= 0.3 is 0 Å². The molecule has 1 atom stereocenters. The lowest BCUT2D eigenvalue weighted by atomic mass is 9.99. The van der Waals surface area contributed by atoms with Crippen molar-refractivity contribution in [2.24, 2.45) is 10.9 Å². The number of rotatable bonds is 4. The van der Waals surface area contributed by atoms with Gasteiger partial charge in [0.1, 0.15) is 5.84 Å². The van der Waals surface area contributed by atoms with E-state index in [9.17, 15) is 0 Å². The average molecular weight is 272 g/mol. The van der Waals surface area contributed by atoms with Gasteiger partial charge in [-0.05, 0) is 51.0 Å². The van der Waals surface area contributed by atoms with Crippen LogP contribution in [0.25, 0.3) is 0 Å². The van der Waals surface area contributed by atoms with E-state index in [1.165, 1.54) is 36.2 Å². The smallest absolute Gasteiger partial charge is 0.106 e. The van der Waals surface area contributed by atoms with E-state index in [2.05, 4.69) is 50.8 Å². The van der Waals surface area contributed by atoms with Crippen LogP contribution in [0.5, 0.6) is 0 Å². The van der Waals surface area contributed by atoms with E-state index in [4.69, 9.17) is 4.99 Å². The lowest BCUT2D eigenvalue weighted by molar-refractivity contribution is 0.424. The summed E-state index contributed by atoms with van der Waals surface area (Å²) in [5.41, 5.74) is 4.10. The van der Waals surface area contributed by atoms with Crippen molar-refractivity contribution >= 4 is 5.84 Å². The third-order valence-electron chi connectivity index (χ3n) is 4.34. The quantitative estimate of drug-likeness (QED) is 0.699. The van der Waals surface area contributed by atoms with Crippen molar-refractivity contribution in [2.45, 2.75) is 59.8 Å². The zero-order chi connectivity index (χ0) is 14.5. The SMILES string of the molecule is C/C=C(/C(C)CCC)N1CCC2=CCCC=C2N=C1C. The Bertz CT molecular complexity index is 466. The number of amidine groups is 1. The summed E-state index contributed by atoms with van der Waals surface area (Å²) in [5.74, 6) is 1.76. The van der Waals surface area contributed by atoms with Gasteiger partial charge in [-0.2, -0.15) is 0 Å². The fourth-order valence-electron chi connectivity index (χ4n) is 3.29. The molecule has 2 aliphatic rings. The molecule has 1 unspecified atom stereocenters. The molecule has 0 fully saturated rings. The molecule has 1 heterocycles. The van der Waals surface area contributed by atoms with Crippen molar-refractivity contribution in [1.29, 1.82) is 0 Å². The fraction of sp³-hybridized carbons (Fsp3) is 0.611. The molecule has 1 aliphatic heterocycles. The van der Waals surface area contributed by atoms with Crippen molar-refractivity contribution in [2.75, 3.05) is 6.54 Å². The maximum absolute atomic E-state index is 4.89. The summed E-state index contributed by atoms with van der Waals surface area (Å²) in [4.78, 5) is 7.32. The van der Waals surface area contributed by atoms with Crippen molar-refractivity contribution in [3.63, 3.8) is 0 Å². The second kappa shape index (κ2) is 6.92. The van der Waals surface area contributed by atoms with E-state index in [-0.39, 0.29) is 0 Å². The first-order valence-corrected chi connectivity index (χ1v) is 8.06. The summed E-state index contributed by atoms with van der Waals surface area (Å²) in [6.45, 7) is 9.97. The van der Waals surface area contributed by atoms with Crippen LogP contribution in [0.2, 0.25) is 0 Å². The maximum atomic E-state index is 4.89. The molecule has 2 rings (SSSR count). The summed E-state index contributed by atoms with van der Waals surface area (Å²) in [5, 5.41) is 0. The van der Waals surface area contributed by atoms with Crippen LogP contribution < -0.4 is 0 Å². The van der Waals surface area contributed by atoms with Gasteiger partial charge in [-0.15, -0.1) is 0 Å². The summed E-state index contributed by atoms with van der Waals surface area (Å²) >= 11 is 0. The van der Waals surface area contributed by atoms with Crippen molar-refractivity contribution in [3.8, 4) is 0 Å². The molecule has 0 amide bonds. The number of hydrogen-bond acceptors (Lipinski definition) is 2. The van der Waals surface area contributed by atoms with Crippen LogP contribution in [0.1, 0.15) is 59.8 Å². The molecule has 0 saturated carbocycles. The standard InChI is InChI=1S/C18H28N2/c1-5-9-14(3)18(6-2)20-13-12-16-10-7-8-11-17(16)19-15(20)4/h6,10-11,14H,5,7-9,12-13H2,1-4H3/b18-6-. The summed E-state index contributed by atoms with van der Waals surface area (Å²) in [7, 11) is 0.